The van der Waals surface area contributed by atoms with Gasteiger partial charge < -0.3 is 14.1 Å². The van der Waals surface area contributed by atoms with Crippen molar-refractivity contribution >= 4 is 84.1 Å². The average molecular weight is 224 g/mol. The summed E-state index contributed by atoms with van der Waals surface area (Å²) in [7, 11) is 0. The molecule has 0 aromatic carbocycles. The first kappa shape index (κ1) is 76.4. The summed E-state index contributed by atoms with van der Waals surface area (Å²) < 4.78 is 0. The van der Waals surface area contributed by atoms with Crippen LogP contribution >= 0.6 is 0 Å². The van der Waals surface area contributed by atoms with Crippen molar-refractivity contribution in [3.63, 3.8) is 0 Å². The summed E-state index contributed by atoms with van der Waals surface area (Å²) in [6, 6.07) is 0. The Hall–Kier alpha value is 2.50. The second kappa shape index (κ2) is 50.6. The zero-order valence-corrected chi connectivity index (χ0v) is 4.13. The van der Waals surface area contributed by atoms with E-state index >= 15 is 0 Å². The van der Waals surface area contributed by atoms with E-state index in [9.17, 15) is 0 Å². The molecular weight excluding hydrogens is 221 g/mol. The molecule has 6 heavy (non-hydrogen) atoms. The van der Waals surface area contributed by atoms with Crippen LogP contribution in [-0.4, -0.2) is 84.1 Å². The molecule has 0 saturated heterocycles. The molecule has 0 aliphatic heterocycles. The fourth-order valence-electron chi connectivity index (χ4n) is 0. The van der Waals surface area contributed by atoms with E-state index in [-0.39, 0.29) is 98.2 Å². The first-order valence-electron chi connectivity index (χ1n) is 0. The van der Waals surface area contributed by atoms with Crippen LogP contribution < -0.4 is 14.1 Å². The second-order valence-electron chi connectivity index (χ2n) is 0. The van der Waals surface area contributed by atoms with Gasteiger partial charge in [-0.1, -0.05) is 0 Å². The molecular formula is H3F3GaLiSr. The molecule has 0 aromatic heterocycles. The van der Waals surface area contributed by atoms with Crippen LogP contribution in [-0.2, 0) is 0 Å². The van der Waals surface area contributed by atoms with Gasteiger partial charge in [0, 0.05) is 0 Å². The van der Waals surface area contributed by atoms with Gasteiger partial charge in [-0.2, -0.15) is 0 Å². The summed E-state index contributed by atoms with van der Waals surface area (Å²) >= 11 is 0. The van der Waals surface area contributed by atoms with Crippen LogP contribution in [0.3, 0.4) is 0 Å². The average Bonchev–Trinajstić information content (AvgIpc) is 0. The van der Waals surface area contributed by atoms with Crippen molar-refractivity contribution < 1.29 is 14.1 Å². The maximum atomic E-state index is 0. The molecule has 0 spiro atoms. The molecule has 0 rings (SSSR count). The van der Waals surface area contributed by atoms with Crippen LogP contribution in [0.5, 0.6) is 0 Å². The van der Waals surface area contributed by atoms with Crippen LogP contribution in [0.25, 0.3) is 0 Å². The van der Waals surface area contributed by atoms with Crippen molar-refractivity contribution in [1.82, 2.24) is 0 Å². The van der Waals surface area contributed by atoms with Crippen molar-refractivity contribution in [1.29, 1.82) is 0 Å². The van der Waals surface area contributed by atoms with Crippen molar-refractivity contribution in [2.24, 2.45) is 0 Å². The first-order valence-corrected chi connectivity index (χ1v) is 0. The Morgan fingerprint density at radius 3 is 0.667 bits per heavy atom. The summed E-state index contributed by atoms with van der Waals surface area (Å²) in [6.45, 7) is 0. The van der Waals surface area contributed by atoms with Crippen LogP contribution in [0.2, 0.25) is 0 Å². The SMILES string of the molecule is [F-].[F-].[F-].[Ga+3].[LiH].[SrH2]. The Balaban J connectivity index is 0. The van der Waals surface area contributed by atoms with Gasteiger partial charge in [-0.3, -0.25) is 0 Å². The summed E-state index contributed by atoms with van der Waals surface area (Å²) in [5.74, 6) is 0. The van der Waals surface area contributed by atoms with E-state index in [1.165, 1.54) is 0 Å². The van der Waals surface area contributed by atoms with E-state index in [2.05, 4.69) is 0 Å². The zero-order valence-electron chi connectivity index (χ0n) is 1.71. The standard InChI is InChI=1S/3FH.Ga.Li.Sr.3H/h3*1H;;;;;;/q;;;+3;;;;;/p-3. The number of halogens is 3. The quantitative estimate of drug-likeness (QED) is 0.359. The van der Waals surface area contributed by atoms with Crippen LogP contribution in [0.1, 0.15) is 0 Å². The fraction of sp³-hybridized carbons (Fsp3) is 0. The summed E-state index contributed by atoms with van der Waals surface area (Å²) in [4.78, 5) is 0. The number of hydrogen-bond acceptors (Lipinski definition) is 0. The normalized spacial score (nSPS) is 0. The van der Waals surface area contributed by atoms with Gasteiger partial charge in [-0.15, -0.1) is 0 Å². The van der Waals surface area contributed by atoms with Gasteiger partial charge >= 0.3 is 84.1 Å². The molecule has 30 valence electrons. The Labute approximate surface area is 96.4 Å². The fourth-order valence-corrected chi connectivity index (χ4v) is 0. The first-order chi connectivity index (χ1) is 0. The second-order valence-corrected chi connectivity index (χ2v) is 0. The molecule has 0 atom stereocenters. The summed E-state index contributed by atoms with van der Waals surface area (Å²) in [6.07, 6.45) is 0. The Bertz CT molecular complexity index is 10.8. The topological polar surface area (TPSA) is 0 Å². The van der Waals surface area contributed by atoms with E-state index in [0.29, 0.717) is 0 Å². The number of rotatable bonds is 0. The minimum atomic E-state index is 0. The molecule has 0 nitrogen and oxygen atoms in total. The van der Waals surface area contributed by atoms with Gasteiger partial charge in [0.05, 0.1) is 0 Å². The Morgan fingerprint density at radius 1 is 0.667 bits per heavy atom. The molecule has 0 amide bonds. The summed E-state index contributed by atoms with van der Waals surface area (Å²) in [5, 5.41) is 0. The monoisotopic (exact) mass is 224 g/mol. The molecule has 0 radical (unpaired) electrons. The Morgan fingerprint density at radius 2 is 0.667 bits per heavy atom. The third-order valence-corrected chi connectivity index (χ3v) is 0. The van der Waals surface area contributed by atoms with E-state index in [0.717, 1.165) is 0 Å². The van der Waals surface area contributed by atoms with E-state index in [4.69, 9.17) is 0 Å². The molecule has 0 saturated carbocycles. The minimum absolute atomic E-state index is 0. The van der Waals surface area contributed by atoms with Crippen molar-refractivity contribution in [3.8, 4) is 0 Å². The predicted octanol–water partition coefficient (Wildman–Crippen LogP) is -10.9. The summed E-state index contributed by atoms with van der Waals surface area (Å²) in [5.41, 5.74) is 0. The van der Waals surface area contributed by atoms with Gasteiger partial charge in [-0.05, 0) is 0 Å². The third-order valence-electron chi connectivity index (χ3n) is 0. The molecule has 0 aliphatic carbocycles. The molecule has 0 aromatic rings. The van der Waals surface area contributed by atoms with Gasteiger partial charge in [0.15, 0.2) is 0 Å². The third kappa shape index (κ3) is 31.4. The van der Waals surface area contributed by atoms with Crippen molar-refractivity contribution in [3.05, 3.63) is 0 Å². The molecule has 0 aliphatic rings. The molecule has 6 heteroatoms. The predicted molar refractivity (Wildman–Crippen MR) is 21.4 cm³/mol. The van der Waals surface area contributed by atoms with Crippen LogP contribution in [0.4, 0.5) is 0 Å². The molecule has 0 heterocycles. The zero-order chi connectivity index (χ0) is 0. The molecule has 0 unspecified atom stereocenters. The van der Waals surface area contributed by atoms with Crippen molar-refractivity contribution in [2.75, 3.05) is 0 Å². The number of hydrogen-bond donors (Lipinski definition) is 0. The van der Waals surface area contributed by atoms with Gasteiger partial charge in [0.2, 0.25) is 0 Å². The van der Waals surface area contributed by atoms with Crippen molar-refractivity contribution in [2.45, 2.75) is 0 Å². The van der Waals surface area contributed by atoms with Crippen LogP contribution in [0.15, 0.2) is 0 Å². The van der Waals surface area contributed by atoms with Gasteiger partial charge in [-0.25, -0.2) is 0 Å². The maximum absolute atomic E-state index is 0. The Kier molecular flexibility index (Phi) is 644. The van der Waals surface area contributed by atoms with E-state index < -0.39 is 0 Å². The van der Waals surface area contributed by atoms with E-state index in [1.54, 1.807) is 0 Å². The molecule has 0 N–H and O–H groups in total. The van der Waals surface area contributed by atoms with Crippen LogP contribution in [0, 0.1) is 0 Å². The van der Waals surface area contributed by atoms with Gasteiger partial charge in [0.1, 0.15) is 0 Å². The van der Waals surface area contributed by atoms with E-state index in [1.807, 2.05) is 0 Å². The van der Waals surface area contributed by atoms with Gasteiger partial charge in [0.25, 0.3) is 0 Å². The molecule has 0 bridgehead atoms. The molecule has 0 fully saturated rings.